The van der Waals surface area contributed by atoms with Gasteiger partial charge in [0.25, 0.3) is 5.91 Å². The van der Waals surface area contributed by atoms with Crippen molar-refractivity contribution in [2.75, 3.05) is 19.6 Å². The van der Waals surface area contributed by atoms with Gasteiger partial charge in [-0.2, -0.15) is 0 Å². The van der Waals surface area contributed by atoms with Crippen LogP contribution < -0.4 is 10.6 Å². The van der Waals surface area contributed by atoms with Gasteiger partial charge in [-0.05, 0) is 62.1 Å². The molecule has 0 spiro atoms. The van der Waals surface area contributed by atoms with Crippen LogP contribution in [0.4, 0.5) is 0 Å². The Morgan fingerprint density at radius 1 is 1.35 bits per heavy atom. The minimum Gasteiger partial charge on any atom is -0.466 e. The number of carbonyl (C=O) groups excluding carboxylic acids is 1. The fourth-order valence-corrected chi connectivity index (χ4v) is 3.09. The van der Waals surface area contributed by atoms with E-state index in [1.807, 2.05) is 37.3 Å². The topological polar surface area (TPSA) is 54.3 Å². The number of piperidine rings is 1. The van der Waals surface area contributed by atoms with E-state index in [1.54, 1.807) is 0 Å². The summed E-state index contributed by atoms with van der Waals surface area (Å²) < 4.78 is 5.51. The number of furan rings is 1. The second kappa shape index (κ2) is 7.47. The summed E-state index contributed by atoms with van der Waals surface area (Å²) >= 11 is 0. The third-order valence-electron chi connectivity index (χ3n) is 4.37. The molecule has 2 aromatic rings. The molecule has 1 saturated heterocycles. The number of hydrogen-bond donors (Lipinski definition) is 2. The predicted octanol–water partition coefficient (Wildman–Crippen LogP) is 3.03. The quantitative estimate of drug-likeness (QED) is 0.892. The lowest BCUT2D eigenvalue weighted by Gasteiger charge is -2.23. The highest BCUT2D eigenvalue weighted by Crippen LogP contribution is 2.23. The van der Waals surface area contributed by atoms with Crippen molar-refractivity contribution in [2.24, 2.45) is 0 Å². The monoisotopic (exact) mass is 312 g/mol. The fourth-order valence-electron chi connectivity index (χ4n) is 3.09. The van der Waals surface area contributed by atoms with E-state index in [9.17, 15) is 4.79 Å². The summed E-state index contributed by atoms with van der Waals surface area (Å²) in [6.45, 7) is 4.61. The van der Waals surface area contributed by atoms with Crippen LogP contribution in [0.2, 0.25) is 0 Å². The lowest BCUT2D eigenvalue weighted by atomic mass is 9.90. The Kier molecular flexibility index (Phi) is 5.13. The van der Waals surface area contributed by atoms with E-state index in [0.717, 1.165) is 30.2 Å². The average Bonchev–Trinajstić information content (AvgIpc) is 3.01. The van der Waals surface area contributed by atoms with Crippen LogP contribution in [0.15, 0.2) is 40.8 Å². The maximum absolute atomic E-state index is 12.3. The van der Waals surface area contributed by atoms with Crippen LogP contribution in [0.1, 0.15) is 46.2 Å². The van der Waals surface area contributed by atoms with Crippen molar-refractivity contribution < 1.29 is 9.21 Å². The van der Waals surface area contributed by atoms with Crippen molar-refractivity contribution in [2.45, 2.75) is 32.1 Å². The van der Waals surface area contributed by atoms with Crippen LogP contribution in [0.25, 0.3) is 0 Å². The number of aryl methyl sites for hydroxylation is 1. The third-order valence-corrected chi connectivity index (χ3v) is 4.37. The molecule has 1 aromatic heterocycles. The van der Waals surface area contributed by atoms with E-state index in [-0.39, 0.29) is 5.91 Å². The summed E-state index contributed by atoms with van der Waals surface area (Å²) in [5, 5.41) is 6.40. The van der Waals surface area contributed by atoms with Crippen molar-refractivity contribution in [1.82, 2.24) is 10.6 Å². The largest absolute Gasteiger partial charge is 0.466 e. The van der Waals surface area contributed by atoms with Crippen LogP contribution >= 0.6 is 0 Å². The number of benzene rings is 1. The number of amides is 1. The lowest BCUT2D eigenvalue weighted by molar-refractivity contribution is 0.0953. The molecular weight excluding hydrogens is 288 g/mol. The summed E-state index contributed by atoms with van der Waals surface area (Å²) in [7, 11) is 0. The molecule has 4 heteroatoms. The molecule has 1 atom stereocenters. The fraction of sp³-hybridized carbons (Fsp3) is 0.421. The second-order valence-corrected chi connectivity index (χ2v) is 6.19. The first kappa shape index (κ1) is 15.8. The first-order valence-corrected chi connectivity index (χ1v) is 8.36. The van der Waals surface area contributed by atoms with E-state index >= 15 is 0 Å². The summed E-state index contributed by atoms with van der Waals surface area (Å²) in [6.07, 6.45) is 3.10. The van der Waals surface area contributed by atoms with Crippen LogP contribution in [0, 0.1) is 6.92 Å². The number of nitrogens with one attached hydrogen (secondary N) is 2. The van der Waals surface area contributed by atoms with Crippen molar-refractivity contribution in [1.29, 1.82) is 0 Å². The zero-order valence-corrected chi connectivity index (χ0v) is 13.6. The molecular formula is C19H24N2O2. The standard InChI is InChI=1S/C19H24N2O2/c1-14-7-8-18(23-14)9-11-21-19(22)16-5-2-4-15(12-16)17-6-3-10-20-13-17/h2,4-5,7-8,12,17,20H,3,6,9-11,13H2,1H3,(H,21,22)/t17-/m1/s1. The molecule has 1 amide bonds. The molecule has 23 heavy (non-hydrogen) atoms. The van der Waals surface area contributed by atoms with Gasteiger partial charge in [-0.25, -0.2) is 0 Å². The highest BCUT2D eigenvalue weighted by Gasteiger charge is 2.16. The number of carbonyl (C=O) groups is 1. The molecule has 0 unspecified atom stereocenters. The Hall–Kier alpha value is -2.07. The maximum Gasteiger partial charge on any atom is 0.251 e. The highest BCUT2D eigenvalue weighted by molar-refractivity contribution is 5.94. The molecule has 2 heterocycles. The Morgan fingerprint density at radius 2 is 2.26 bits per heavy atom. The van der Waals surface area contributed by atoms with Gasteiger partial charge in [-0.1, -0.05) is 12.1 Å². The van der Waals surface area contributed by atoms with Crippen LogP contribution in [0.3, 0.4) is 0 Å². The Balaban J connectivity index is 1.56. The molecule has 3 rings (SSSR count). The third kappa shape index (κ3) is 4.23. The van der Waals surface area contributed by atoms with E-state index < -0.39 is 0 Å². The van der Waals surface area contributed by atoms with Gasteiger partial charge in [0.15, 0.2) is 0 Å². The van der Waals surface area contributed by atoms with Gasteiger partial charge in [0, 0.05) is 25.1 Å². The first-order valence-electron chi connectivity index (χ1n) is 8.36. The van der Waals surface area contributed by atoms with Crippen molar-refractivity contribution >= 4 is 5.91 Å². The molecule has 2 N–H and O–H groups in total. The molecule has 1 aliphatic heterocycles. The van der Waals surface area contributed by atoms with Crippen molar-refractivity contribution in [3.63, 3.8) is 0 Å². The first-order chi connectivity index (χ1) is 11.2. The molecule has 0 aliphatic carbocycles. The van der Waals surface area contributed by atoms with Gasteiger partial charge in [-0.3, -0.25) is 4.79 Å². The van der Waals surface area contributed by atoms with E-state index in [4.69, 9.17) is 4.42 Å². The molecule has 122 valence electrons. The molecule has 4 nitrogen and oxygen atoms in total. The average molecular weight is 312 g/mol. The number of hydrogen-bond acceptors (Lipinski definition) is 3. The summed E-state index contributed by atoms with van der Waals surface area (Å²) in [4.78, 5) is 12.3. The van der Waals surface area contributed by atoms with Gasteiger partial charge in [0.2, 0.25) is 0 Å². The molecule has 1 aromatic carbocycles. The van der Waals surface area contributed by atoms with Gasteiger partial charge < -0.3 is 15.1 Å². The summed E-state index contributed by atoms with van der Waals surface area (Å²) in [5.41, 5.74) is 2.00. The number of rotatable bonds is 5. The van der Waals surface area contributed by atoms with E-state index in [1.165, 1.54) is 18.4 Å². The second-order valence-electron chi connectivity index (χ2n) is 6.19. The minimum absolute atomic E-state index is 0.0149. The van der Waals surface area contributed by atoms with E-state index in [0.29, 0.717) is 18.9 Å². The highest BCUT2D eigenvalue weighted by atomic mass is 16.3. The summed E-state index contributed by atoms with van der Waals surface area (Å²) in [5.74, 6) is 2.31. The van der Waals surface area contributed by atoms with Crippen LogP contribution in [0.5, 0.6) is 0 Å². The van der Waals surface area contributed by atoms with Crippen LogP contribution in [-0.4, -0.2) is 25.5 Å². The Bertz CT molecular complexity index is 657. The smallest absolute Gasteiger partial charge is 0.251 e. The van der Waals surface area contributed by atoms with Gasteiger partial charge in [0.05, 0.1) is 0 Å². The molecule has 1 aliphatic rings. The SMILES string of the molecule is Cc1ccc(CCNC(=O)c2cccc([C@@H]3CCCNC3)c2)o1. The zero-order chi connectivity index (χ0) is 16.1. The normalized spacial score (nSPS) is 17.9. The zero-order valence-electron chi connectivity index (χ0n) is 13.6. The van der Waals surface area contributed by atoms with Gasteiger partial charge in [-0.15, -0.1) is 0 Å². The molecule has 0 radical (unpaired) electrons. The lowest BCUT2D eigenvalue weighted by Crippen LogP contribution is -2.29. The molecule has 1 fully saturated rings. The predicted molar refractivity (Wildman–Crippen MR) is 90.8 cm³/mol. The minimum atomic E-state index is -0.0149. The van der Waals surface area contributed by atoms with Crippen LogP contribution in [-0.2, 0) is 6.42 Å². The summed E-state index contributed by atoms with van der Waals surface area (Å²) in [6, 6.07) is 11.9. The molecule has 0 bridgehead atoms. The van der Waals surface area contributed by atoms with Gasteiger partial charge >= 0.3 is 0 Å². The van der Waals surface area contributed by atoms with Crippen molar-refractivity contribution in [3.8, 4) is 0 Å². The van der Waals surface area contributed by atoms with Crippen molar-refractivity contribution in [3.05, 3.63) is 59.0 Å². The maximum atomic E-state index is 12.3. The van der Waals surface area contributed by atoms with Gasteiger partial charge in [0.1, 0.15) is 11.5 Å². The molecule has 0 saturated carbocycles. The Morgan fingerprint density at radius 3 is 3.00 bits per heavy atom. The Labute approximate surface area is 137 Å². The van der Waals surface area contributed by atoms with E-state index in [2.05, 4.69) is 16.7 Å².